The average molecular weight is 652 g/mol. The number of imidazole rings is 1. The Hall–Kier alpha value is -4.10. The number of nitrogens with zero attached hydrogens (tertiary/aromatic N) is 7. The molecule has 1 aliphatic rings. The molecule has 1 unspecified atom stereocenters. The minimum Gasteiger partial charge on any atom is -0.465 e. The number of rotatable bonds is 14. The Morgan fingerprint density at radius 2 is 1.84 bits per heavy atom. The molecule has 1 saturated heterocycles. The van der Waals surface area contributed by atoms with Crippen molar-refractivity contribution < 1.29 is 57.4 Å². The van der Waals surface area contributed by atoms with E-state index < -0.39 is 63.4 Å². The molecule has 45 heavy (non-hydrogen) atoms. The molecule has 4 atom stereocenters. The summed E-state index contributed by atoms with van der Waals surface area (Å²) in [6.45, 7) is -0.166. The van der Waals surface area contributed by atoms with Crippen molar-refractivity contribution in [2.24, 2.45) is 5.41 Å². The standard InChI is InChI=1S/C25H30N7O12P/c1-3-39-23(35)25(11-33,24(36)40-4-2)12-42-45(37,38)41-10-18-17(34)9-19(43-18)31-14-28-20-21(31)26-13-27-22(20)44-32-16-8-6-5-7-15(16)29-30-32/h5-8,13-14,17-19,33-34H,3-4,9-12H2,1-2H3,(H,37,38)/t17-,18+,19+/m0/s1. The molecular formula is C25H30N7O12P. The van der Waals surface area contributed by atoms with Crippen LogP contribution >= 0.6 is 7.82 Å². The van der Waals surface area contributed by atoms with Crippen LogP contribution in [0.15, 0.2) is 36.9 Å². The predicted molar refractivity (Wildman–Crippen MR) is 148 cm³/mol. The second-order valence-corrected chi connectivity index (χ2v) is 11.1. The van der Waals surface area contributed by atoms with Crippen LogP contribution in [0.1, 0.15) is 26.5 Å². The Labute approximate surface area is 254 Å². The Balaban J connectivity index is 1.24. The first-order valence-electron chi connectivity index (χ1n) is 13.7. The zero-order valence-electron chi connectivity index (χ0n) is 24.0. The molecule has 0 spiro atoms. The molecule has 1 aromatic carbocycles. The maximum absolute atomic E-state index is 12.7. The molecule has 20 heteroatoms. The van der Waals surface area contributed by atoms with Gasteiger partial charge in [0.15, 0.2) is 11.2 Å². The molecule has 1 fully saturated rings. The molecular weight excluding hydrogens is 621 g/mol. The van der Waals surface area contributed by atoms with Crippen molar-refractivity contribution in [2.45, 2.75) is 38.7 Å². The minimum absolute atomic E-state index is 0.0311. The normalized spacial score (nSPS) is 19.9. The summed E-state index contributed by atoms with van der Waals surface area (Å²) in [7, 11) is -4.96. The lowest BCUT2D eigenvalue weighted by atomic mass is 9.90. The number of para-hydroxylation sites is 1. The zero-order chi connectivity index (χ0) is 32.2. The molecule has 3 N–H and O–H groups in total. The maximum Gasteiger partial charge on any atom is 0.472 e. The summed E-state index contributed by atoms with van der Waals surface area (Å²) in [6.07, 6.45) is -0.383. The topological polar surface area (TPSA) is 242 Å². The van der Waals surface area contributed by atoms with Crippen LogP contribution in [0.25, 0.3) is 22.2 Å². The van der Waals surface area contributed by atoms with Gasteiger partial charge in [-0.15, -0.1) is 5.10 Å². The van der Waals surface area contributed by atoms with Crippen LogP contribution < -0.4 is 4.84 Å². The predicted octanol–water partition coefficient (Wildman–Crippen LogP) is 0.300. The van der Waals surface area contributed by atoms with E-state index in [1.54, 1.807) is 18.2 Å². The third-order valence-corrected chi connectivity index (χ3v) is 7.74. The van der Waals surface area contributed by atoms with Gasteiger partial charge in [-0.1, -0.05) is 17.0 Å². The first-order valence-corrected chi connectivity index (χ1v) is 15.2. The molecule has 4 heterocycles. The van der Waals surface area contributed by atoms with Crippen LogP contribution in [0.2, 0.25) is 0 Å². The number of aliphatic hydroxyl groups excluding tert-OH is 2. The number of hydrogen-bond acceptors (Lipinski definition) is 16. The summed E-state index contributed by atoms with van der Waals surface area (Å²) < 4.78 is 39.6. The zero-order valence-corrected chi connectivity index (χ0v) is 24.9. The summed E-state index contributed by atoms with van der Waals surface area (Å²) in [5, 5.41) is 28.5. The number of fused-ring (bicyclic) bond motifs is 2. The lowest BCUT2D eigenvalue weighted by Gasteiger charge is -2.27. The summed E-state index contributed by atoms with van der Waals surface area (Å²) in [4.78, 5) is 54.9. The number of aliphatic hydroxyl groups is 2. The molecule has 19 nitrogen and oxygen atoms in total. The number of aromatic nitrogens is 7. The van der Waals surface area contributed by atoms with Crippen LogP contribution in [0, 0.1) is 5.41 Å². The van der Waals surface area contributed by atoms with Crippen molar-refractivity contribution in [1.29, 1.82) is 0 Å². The average Bonchev–Trinajstić information content (AvgIpc) is 3.74. The Morgan fingerprint density at radius 1 is 1.11 bits per heavy atom. The van der Waals surface area contributed by atoms with E-state index in [-0.39, 0.29) is 31.0 Å². The summed E-state index contributed by atoms with van der Waals surface area (Å²) in [5.41, 5.74) is -0.645. The van der Waals surface area contributed by atoms with Crippen LogP contribution in [-0.4, -0.2) is 107 Å². The van der Waals surface area contributed by atoms with Crippen molar-refractivity contribution in [3.8, 4) is 5.88 Å². The van der Waals surface area contributed by atoms with Crippen molar-refractivity contribution in [3.05, 3.63) is 36.9 Å². The third-order valence-electron chi connectivity index (χ3n) is 6.81. The molecule has 5 rings (SSSR count). The van der Waals surface area contributed by atoms with E-state index >= 15 is 0 Å². The highest BCUT2D eigenvalue weighted by atomic mass is 31.2. The first kappa shape index (κ1) is 32.3. The van der Waals surface area contributed by atoms with Crippen LogP contribution in [0.4, 0.5) is 0 Å². The number of ether oxygens (including phenoxy) is 3. The molecule has 0 saturated carbocycles. The summed E-state index contributed by atoms with van der Waals surface area (Å²) in [6, 6.07) is 7.15. The molecule has 4 aromatic rings. The maximum atomic E-state index is 12.7. The quantitative estimate of drug-likeness (QED) is 0.0943. The van der Waals surface area contributed by atoms with Crippen LogP contribution in [-0.2, 0) is 37.4 Å². The summed E-state index contributed by atoms with van der Waals surface area (Å²) >= 11 is 0. The molecule has 0 bridgehead atoms. The number of phosphoric acid groups is 1. The van der Waals surface area contributed by atoms with Gasteiger partial charge in [0.2, 0.25) is 5.41 Å². The molecule has 242 valence electrons. The molecule has 1 aliphatic heterocycles. The van der Waals surface area contributed by atoms with Gasteiger partial charge in [-0.3, -0.25) is 23.2 Å². The van der Waals surface area contributed by atoms with E-state index in [0.717, 1.165) is 0 Å². The second-order valence-electron chi connectivity index (χ2n) is 9.70. The number of benzene rings is 1. The highest BCUT2D eigenvalue weighted by Crippen LogP contribution is 2.46. The number of esters is 2. The van der Waals surface area contributed by atoms with E-state index in [4.69, 9.17) is 28.1 Å². The van der Waals surface area contributed by atoms with Gasteiger partial charge in [-0.25, -0.2) is 14.5 Å². The van der Waals surface area contributed by atoms with E-state index in [1.165, 1.54) is 35.9 Å². The van der Waals surface area contributed by atoms with Crippen LogP contribution in [0.5, 0.6) is 5.88 Å². The van der Waals surface area contributed by atoms with Gasteiger partial charge in [-0.05, 0) is 31.2 Å². The van der Waals surface area contributed by atoms with Gasteiger partial charge in [0.1, 0.15) is 29.7 Å². The van der Waals surface area contributed by atoms with Crippen molar-refractivity contribution in [2.75, 3.05) is 33.0 Å². The lowest BCUT2D eigenvalue weighted by Crippen LogP contribution is -2.48. The largest absolute Gasteiger partial charge is 0.472 e. The smallest absolute Gasteiger partial charge is 0.465 e. The molecule has 0 amide bonds. The monoisotopic (exact) mass is 651 g/mol. The number of phosphoric ester groups is 1. The molecule has 0 aliphatic carbocycles. The number of carbonyl (C=O) groups excluding carboxylic acids is 2. The fourth-order valence-corrected chi connectivity index (χ4v) is 5.25. The van der Waals surface area contributed by atoms with E-state index in [2.05, 4.69) is 25.3 Å². The van der Waals surface area contributed by atoms with E-state index in [0.29, 0.717) is 16.7 Å². The van der Waals surface area contributed by atoms with Crippen LogP contribution in [0.3, 0.4) is 0 Å². The van der Waals surface area contributed by atoms with Gasteiger partial charge in [0.25, 0.3) is 5.88 Å². The number of carbonyl (C=O) groups is 2. The van der Waals surface area contributed by atoms with Crippen molar-refractivity contribution in [1.82, 2.24) is 34.7 Å². The first-order chi connectivity index (χ1) is 21.6. The van der Waals surface area contributed by atoms with E-state index in [1.807, 2.05) is 6.07 Å². The highest BCUT2D eigenvalue weighted by molar-refractivity contribution is 7.47. The van der Waals surface area contributed by atoms with Gasteiger partial charge >= 0.3 is 19.8 Å². The lowest BCUT2D eigenvalue weighted by molar-refractivity contribution is -0.178. The molecule has 0 radical (unpaired) electrons. The number of hydrogen-bond donors (Lipinski definition) is 3. The van der Waals surface area contributed by atoms with Gasteiger partial charge in [-0.2, -0.15) is 4.98 Å². The van der Waals surface area contributed by atoms with E-state index in [9.17, 15) is 29.3 Å². The molecule has 3 aromatic heterocycles. The third kappa shape index (κ3) is 6.64. The Bertz CT molecular complexity index is 1700. The Morgan fingerprint density at radius 3 is 2.56 bits per heavy atom. The summed E-state index contributed by atoms with van der Waals surface area (Å²) in [5.74, 6) is -2.33. The Kier molecular flexibility index (Phi) is 9.68. The minimum atomic E-state index is -4.96. The van der Waals surface area contributed by atoms with Gasteiger partial charge in [0, 0.05) is 6.42 Å². The highest BCUT2D eigenvalue weighted by Gasteiger charge is 2.51. The van der Waals surface area contributed by atoms with Crippen molar-refractivity contribution >= 4 is 42.0 Å². The SMILES string of the molecule is CCOC(=O)C(CO)(COP(=O)(O)OC[C@H]1O[C@@H](n2cnc3c(On4nnc5ccccc54)ncnc32)C[C@@H]1O)C(=O)OCC. The van der Waals surface area contributed by atoms with Crippen molar-refractivity contribution in [3.63, 3.8) is 0 Å². The fourth-order valence-electron chi connectivity index (χ4n) is 4.45. The fraction of sp³-hybridized carbons (Fsp3) is 0.480. The van der Waals surface area contributed by atoms with Gasteiger partial charge in [0.05, 0.1) is 45.5 Å². The second kappa shape index (κ2) is 13.5. The van der Waals surface area contributed by atoms with Gasteiger partial charge < -0.3 is 34.2 Å².